The maximum atomic E-state index is 15.3. The van der Waals surface area contributed by atoms with Gasteiger partial charge in [0.15, 0.2) is 40.7 Å². The molecule has 0 atom stereocenters. The van der Waals surface area contributed by atoms with Crippen molar-refractivity contribution in [1.82, 2.24) is 15.0 Å². The van der Waals surface area contributed by atoms with E-state index in [1.165, 1.54) is 5.19 Å². The molecule has 0 unspecified atom stereocenters. The highest BCUT2D eigenvalue weighted by atomic mass is 28.3. The molecule has 7 aromatic carbocycles. The van der Waals surface area contributed by atoms with Gasteiger partial charge >= 0.3 is 0 Å². The first-order chi connectivity index (χ1) is 27.5. The predicted molar refractivity (Wildman–Crippen MR) is 221 cm³/mol. The Hall–Kier alpha value is -6.58. The van der Waals surface area contributed by atoms with Crippen LogP contribution in [0.5, 0.6) is 0 Å². The van der Waals surface area contributed by atoms with Crippen LogP contribution in [0.15, 0.2) is 152 Å². The lowest BCUT2D eigenvalue weighted by Crippen LogP contribution is -2.37. The fourth-order valence-corrected chi connectivity index (χ4v) is 8.01. The zero-order valence-electron chi connectivity index (χ0n) is 31.2. The number of aromatic nitrogens is 3. The second-order valence-electron chi connectivity index (χ2n) is 14.7. The number of rotatable bonds is 8. The summed E-state index contributed by atoms with van der Waals surface area (Å²) in [6.45, 7) is 6.99. The van der Waals surface area contributed by atoms with Gasteiger partial charge in [-0.15, -0.1) is 0 Å². The Balaban J connectivity index is 1.22. The molecule has 1 aromatic heterocycles. The number of nitrogens with zero attached hydrogens (tertiary/aromatic N) is 3. The highest BCUT2D eigenvalue weighted by molar-refractivity contribution is 6.88. The summed E-state index contributed by atoms with van der Waals surface area (Å²) >= 11 is 0. The van der Waals surface area contributed by atoms with Crippen molar-refractivity contribution in [2.24, 2.45) is 0 Å². The molecule has 0 spiro atoms. The minimum atomic E-state index is -2.27. The summed E-state index contributed by atoms with van der Waals surface area (Å²) in [6.07, 6.45) is 0. The number of hydrogen-bond donors (Lipinski definition) is 0. The molecule has 0 aliphatic rings. The van der Waals surface area contributed by atoms with Gasteiger partial charge in [-0.3, -0.25) is 0 Å². The number of hydrogen-bond acceptors (Lipinski definition) is 3. The minimum Gasteiger partial charge on any atom is -0.208 e. The van der Waals surface area contributed by atoms with Crippen molar-refractivity contribution >= 4 is 13.3 Å². The van der Waals surface area contributed by atoms with Crippen LogP contribution in [-0.4, -0.2) is 23.0 Å². The average molecular weight is 776 g/mol. The molecule has 9 heteroatoms. The summed E-state index contributed by atoms with van der Waals surface area (Å²) < 4.78 is 73.9. The molecule has 0 aliphatic heterocycles. The summed E-state index contributed by atoms with van der Waals surface area (Å²) in [5.41, 5.74) is 7.09. The van der Waals surface area contributed by atoms with Crippen LogP contribution >= 0.6 is 0 Å². The van der Waals surface area contributed by atoms with E-state index in [0.29, 0.717) is 16.7 Å². The summed E-state index contributed by atoms with van der Waals surface area (Å²) in [6, 6.07) is 48.9. The SMILES string of the molecule is C[Si](C)(C)c1ccc(-c2cccc(-c3cccc(-c4cccc(-c5nc(-c6ccccc6-c6ccccc6)nc(-c6c(F)c(F)c(F)c(F)c6F)n5)c4)c3)c2)cc1. The van der Waals surface area contributed by atoms with Crippen LogP contribution in [-0.2, 0) is 0 Å². The van der Waals surface area contributed by atoms with E-state index in [1.54, 1.807) is 24.3 Å². The first-order valence-electron chi connectivity index (χ1n) is 18.3. The monoisotopic (exact) mass is 775 g/mol. The van der Waals surface area contributed by atoms with E-state index in [1.807, 2.05) is 78.9 Å². The smallest absolute Gasteiger partial charge is 0.200 e. The predicted octanol–water partition coefficient (Wildman–Crippen LogP) is 12.8. The van der Waals surface area contributed by atoms with E-state index < -0.39 is 48.5 Å². The molecule has 280 valence electrons. The van der Waals surface area contributed by atoms with Gasteiger partial charge in [0.25, 0.3) is 0 Å². The van der Waals surface area contributed by atoms with Crippen molar-refractivity contribution in [1.29, 1.82) is 0 Å². The molecule has 0 saturated carbocycles. The van der Waals surface area contributed by atoms with E-state index in [4.69, 9.17) is 4.98 Å². The second kappa shape index (κ2) is 15.2. The van der Waals surface area contributed by atoms with Gasteiger partial charge in [-0.25, -0.2) is 36.9 Å². The third kappa shape index (κ3) is 7.41. The number of halogens is 5. The molecule has 0 fully saturated rings. The Morgan fingerprint density at radius 3 is 1.28 bits per heavy atom. The van der Waals surface area contributed by atoms with Gasteiger partial charge in [0, 0.05) is 11.1 Å². The molecule has 8 rings (SSSR count). The quantitative estimate of drug-likeness (QED) is 0.0668. The molecule has 0 saturated heterocycles. The van der Waals surface area contributed by atoms with Crippen molar-refractivity contribution in [3.63, 3.8) is 0 Å². The molecule has 8 aromatic rings. The highest BCUT2D eigenvalue weighted by Crippen LogP contribution is 2.36. The van der Waals surface area contributed by atoms with Crippen LogP contribution < -0.4 is 5.19 Å². The standard InChI is InChI=1S/C48H34F5N3Si/c1-57(2,3)37-24-22-29(23-25-37)31-14-9-15-32(26-31)33-16-10-17-34(27-33)35-18-11-19-36(28-35)46-54-47(39-21-8-7-20-38(39)30-12-5-4-6-13-30)56-48(55-46)40-41(49)43(51)45(53)44(52)42(40)50/h4-28H,1-3H3. The maximum absolute atomic E-state index is 15.3. The van der Waals surface area contributed by atoms with Crippen LogP contribution in [0.4, 0.5) is 22.0 Å². The van der Waals surface area contributed by atoms with Crippen molar-refractivity contribution < 1.29 is 22.0 Å². The third-order valence-corrected chi connectivity index (χ3v) is 12.0. The van der Waals surface area contributed by atoms with E-state index in [-0.39, 0.29) is 11.6 Å². The van der Waals surface area contributed by atoms with E-state index in [9.17, 15) is 13.2 Å². The summed E-state index contributed by atoms with van der Waals surface area (Å²) in [5.74, 6) is -11.3. The second-order valence-corrected chi connectivity index (χ2v) is 19.8. The van der Waals surface area contributed by atoms with Crippen LogP contribution in [0.25, 0.3) is 78.7 Å². The van der Waals surface area contributed by atoms with Gasteiger partial charge < -0.3 is 0 Å². The first-order valence-corrected chi connectivity index (χ1v) is 21.8. The Kier molecular flexibility index (Phi) is 9.93. The summed E-state index contributed by atoms with van der Waals surface area (Å²) in [5, 5.41) is 1.40. The summed E-state index contributed by atoms with van der Waals surface area (Å²) in [7, 11) is -1.43. The molecule has 1 heterocycles. The fraction of sp³-hybridized carbons (Fsp3) is 0.0625. The highest BCUT2D eigenvalue weighted by Gasteiger charge is 2.29. The number of benzene rings is 7. The van der Waals surface area contributed by atoms with Crippen molar-refractivity contribution in [2.75, 3.05) is 0 Å². The van der Waals surface area contributed by atoms with Crippen LogP contribution in [0, 0.1) is 29.1 Å². The van der Waals surface area contributed by atoms with Crippen LogP contribution in [0.1, 0.15) is 0 Å². The zero-order chi connectivity index (χ0) is 39.8. The topological polar surface area (TPSA) is 38.7 Å². The van der Waals surface area contributed by atoms with Crippen molar-refractivity contribution in [3.05, 3.63) is 181 Å². The third-order valence-electron chi connectivity index (χ3n) is 9.92. The van der Waals surface area contributed by atoms with E-state index in [2.05, 4.69) is 78.1 Å². The van der Waals surface area contributed by atoms with Crippen molar-refractivity contribution in [3.8, 4) is 78.7 Å². The largest absolute Gasteiger partial charge is 0.208 e. The van der Waals surface area contributed by atoms with Gasteiger partial charge in [-0.1, -0.05) is 158 Å². The zero-order valence-corrected chi connectivity index (χ0v) is 32.2. The van der Waals surface area contributed by atoms with E-state index in [0.717, 1.165) is 38.9 Å². The Morgan fingerprint density at radius 2 is 0.737 bits per heavy atom. The van der Waals surface area contributed by atoms with Gasteiger partial charge in [0.05, 0.1) is 13.6 Å². The Morgan fingerprint density at radius 1 is 0.333 bits per heavy atom. The first kappa shape index (κ1) is 37.3. The molecule has 0 radical (unpaired) electrons. The Labute approximate surface area is 328 Å². The minimum absolute atomic E-state index is 0.0131. The normalized spacial score (nSPS) is 11.5. The van der Waals surface area contributed by atoms with Gasteiger partial charge in [0.1, 0.15) is 0 Å². The molecular formula is C48H34F5N3Si. The molecule has 57 heavy (non-hydrogen) atoms. The Bertz CT molecular complexity index is 2750. The van der Waals surface area contributed by atoms with Crippen LogP contribution in [0.2, 0.25) is 19.6 Å². The molecular weight excluding hydrogens is 742 g/mol. The van der Waals surface area contributed by atoms with Crippen LogP contribution in [0.3, 0.4) is 0 Å². The van der Waals surface area contributed by atoms with Gasteiger partial charge in [-0.05, 0) is 62.7 Å². The molecule has 3 nitrogen and oxygen atoms in total. The summed E-state index contributed by atoms with van der Waals surface area (Å²) in [4.78, 5) is 13.4. The van der Waals surface area contributed by atoms with E-state index >= 15 is 8.78 Å². The molecule has 0 amide bonds. The van der Waals surface area contributed by atoms with Crippen molar-refractivity contribution in [2.45, 2.75) is 19.6 Å². The lowest BCUT2D eigenvalue weighted by Gasteiger charge is -2.17. The lowest BCUT2D eigenvalue weighted by atomic mass is 9.95. The van der Waals surface area contributed by atoms with Gasteiger partial charge in [0.2, 0.25) is 5.82 Å². The maximum Gasteiger partial charge on any atom is 0.200 e. The fourth-order valence-electron chi connectivity index (χ4n) is 6.84. The molecule has 0 N–H and O–H groups in total. The molecule has 0 aliphatic carbocycles. The molecule has 0 bridgehead atoms. The average Bonchev–Trinajstić information content (AvgIpc) is 3.25. The van der Waals surface area contributed by atoms with Gasteiger partial charge in [-0.2, -0.15) is 0 Å². The lowest BCUT2D eigenvalue weighted by molar-refractivity contribution is 0.381.